The molecule has 2 rings (SSSR count). The van der Waals surface area contributed by atoms with Gasteiger partial charge in [-0.05, 0) is 24.7 Å². The van der Waals surface area contributed by atoms with Gasteiger partial charge >= 0.3 is 6.18 Å². The molecule has 1 nitrogen and oxygen atoms in total. The van der Waals surface area contributed by atoms with Gasteiger partial charge in [-0.3, -0.25) is 0 Å². The number of aliphatic hydroxyl groups excluding tert-OH is 1. The number of aliphatic hydroxyl groups is 1. The minimum Gasteiger partial charge on any atom is -0.499 e. The highest BCUT2D eigenvalue weighted by atomic mass is 32.1. The van der Waals surface area contributed by atoms with Crippen LogP contribution in [0.1, 0.15) is 16.7 Å². The number of thiocarbonyl (C=S) groups is 1. The molecule has 0 atom stereocenters. The Morgan fingerprint density at radius 3 is 1.80 bits per heavy atom. The second-order valence-corrected chi connectivity index (χ2v) is 4.37. The fourth-order valence-electron chi connectivity index (χ4n) is 1.44. The van der Waals surface area contributed by atoms with Crippen molar-refractivity contribution in [3.63, 3.8) is 0 Å². The van der Waals surface area contributed by atoms with E-state index in [0.717, 1.165) is 23.3 Å². The molecule has 0 aromatic heterocycles. The summed E-state index contributed by atoms with van der Waals surface area (Å²) in [6, 6.07) is 13.8. The van der Waals surface area contributed by atoms with Gasteiger partial charge in [-0.15, -0.1) is 0 Å². The first-order valence-electron chi connectivity index (χ1n) is 5.73. The highest BCUT2D eigenvalue weighted by molar-refractivity contribution is 7.80. The van der Waals surface area contributed by atoms with Crippen LogP contribution < -0.4 is 0 Å². The van der Waals surface area contributed by atoms with Gasteiger partial charge in [0, 0.05) is 5.56 Å². The number of hydrogen-bond donors (Lipinski definition) is 1. The van der Waals surface area contributed by atoms with Crippen LogP contribution in [0.25, 0.3) is 0 Å². The third-order valence-electron chi connectivity index (χ3n) is 2.48. The quantitative estimate of drug-likeness (QED) is 0.753. The van der Waals surface area contributed by atoms with E-state index in [1.807, 2.05) is 25.1 Å². The maximum absolute atomic E-state index is 11.8. The Hall–Kier alpha value is -1.88. The maximum atomic E-state index is 11.8. The fraction of sp³-hybridized carbons (Fsp3) is 0.133. The molecule has 0 radical (unpaired) electrons. The van der Waals surface area contributed by atoms with Crippen LogP contribution in [0.3, 0.4) is 0 Å². The lowest BCUT2D eigenvalue weighted by atomic mass is 10.1. The van der Waals surface area contributed by atoms with Crippen molar-refractivity contribution in [2.75, 3.05) is 0 Å². The molecule has 2 aromatic carbocycles. The number of aryl methyl sites for hydroxylation is 1. The Morgan fingerprint density at radius 2 is 1.45 bits per heavy atom. The normalized spacial score (nSPS) is 10.4. The molecule has 2 aromatic rings. The topological polar surface area (TPSA) is 20.2 Å². The predicted molar refractivity (Wildman–Crippen MR) is 77.0 cm³/mol. The summed E-state index contributed by atoms with van der Waals surface area (Å²) in [6.07, 6.45) is -4.21. The highest BCUT2D eigenvalue weighted by Gasteiger charge is 2.29. The molecule has 106 valence electrons. The lowest BCUT2D eigenvalue weighted by Crippen LogP contribution is -2.03. The second-order valence-electron chi connectivity index (χ2n) is 3.98. The molecule has 0 aliphatic heterocycles. The third kappa shape index (κ3) is 5.01. The van der Waals surface area contributed by atoms with Crippen LogP contribution >= 0.6 is 12.2 Å². The summed E-state index contributed by atoms with van der Waals surface area (Å²) in [7, 11) is 0. The van der Waals surface area contributed by atoms with Gasteiger partial charge in [-0.25, -0.2) is 0 Å². The standard InChI is InChI=1S/C8H8OS.C7H5F3/c1-6-4-2-3-5-7(6)8(9)10;8-7(9,10)6-4-2-1-3-5-6/h2-5H,1H3,(H,9,10);1-5H. The van der Waals surface area contributed by atoms with E-state index in [4.69, 9.17) is 5.11 Å². The average molecular weight is 298 g/mol. The minimum atomic E-state index is -4.21. The van der Waals surface area contributed by atoms with Crippen LogP contribution in [-0.4, -0.2) is 10.2 Å². The summed E-state index contributed by atoms with van der Waals surface area (Å²) in [6.45, 7) is 1.91. The summed E-state index contributed by atoms with van der Waals surface area (Å²) < 4.78 is 35.4. The first kappa shape index (κ1) is 16.2. The van der Waals surface area contributed by atoms with E-state index < -0.39 is 11.7 Å². The van der Waals surface area contributed by atoms with Crippen molar-refractivity contribution in [1.82, 2.24) is 0 Å². The molecule has 0 amide bonds. The smallest absolute Gasteiger partial charge is 0.416 e. The van der Waals surface area contributed by atoms with Gasteiger partial charge in [0.2, 0.25) is 0 Å². The highest BCUT2D eigenvalue weighted by Crippen LogP contribution is 2.28. The van der Waals surface area contributed by atoms with Crippen molar-refractivity contribution in [1.29, 1.82) is 0 Å². The second kappa shape index (κ2) is 7.05. The molecule has 5 heteroatoms. The van der Waals surface area contributed by atoms with Gasteiger partial charge < -0.3 is 5.11 Å². The Labute approximate surface area is 120 Å². The largest absolute Gasteiger partial charge is 0.499 e. The van der Waals surface area contributed by atoms with Crippen molar-refractivity contribution in [2.24, 2.45) is 0 Å². The summed E-state index contributed by atoms with van der Waals surface area (Å²) in [5.74, 6) is 0. The Morgan fingerprint density at radius 1 is 0.950 bits per heavy atom. The zero-order valence-electron chi connectivity index (χ0n) is 10.7. The lowest BCUT2D eigenvalue weighted by Gasteiger charge is -2.03. The Balaban J connectivity index is 0.000000200. The number of hydrogen-bond acceptors (Lipinski definition) is 1. The van der Waals surface area contributed by atoms with E-state index in [9.17, 15) is 13.2 Å². The van der Waals surface area contributed by atoms with Crippen molar-refractivity contribution >= 4 is 17.3 Å². The van der Waals surface area contributed by atoms with Crippen LogP contribution in [-0.2, 0) is 6.18 Å². The van der Waals surface area contributed by atoms with Crippen LogP contribution in [0.4, 0.5) is 13.2 Å². The minimum absolute atomic E-state index is 0.0295. The number of alkyl halides is 3. The molecule has 0 heterocycles. The van der Waals surface area contributed by atoms with Crippen molar-refractivity contribution in [3.05, 3.63) is 71.3 Å². The molecule has 0 saturated heterocycles. The summed E-state index contributed by atoms with van der Waals surface area (Å²) >= 11 is 4.61. The molecule has 1 N–H and O–H groups in total. The van der Waals surface area contributed by atoms with Crippen LogP contribution in [0, 0.1) is 6.92 Å². The van der Waals surface area contributed by atoms with Crippen molar-refractivity contribution in [2.45, 2.75) is 13.1 Å². The molecule has 0 unspecified atom stereocenters. The van der Waals surface area contributed by atoms with Gasteiger partial charge in [0.25, 0.3) is 0 Å². The van der Waals surface area contributed by atoms with E-state index in [2.05, 4.69) is 12.2 Å². The summed E-state index contributed by atoms with van der Waals surface area (Å²) in [4.78, 5) is 0. The Kier molecular flexibility index (Phi) is 5.70. The third-order valence-corrected chi connectivity index (χ3v) is 2.70. The first-order chi connectivity index (χ1) is 9.32. The van der Waals surface area contributed by atoms with Gasteiger partial charge in [-0.2, -0.15) is 13.2 Å². The monoisotopic (exact) mass is 298 g/mol. The predicted octanol–water partition coefficient (Wildman–Crippen LogP) is 4.93. The summed E-state index contributed by atoms with van der Waals surface area (Å²) in [5, 5.41) is 8.91. The van der Waals surface area contributed by atoms with Gasteiger partial charge in [0.1, 0.15) is 0 Å². The molecule has 0 saturated carbocycles. The maximum Gasteiger partial charge on any atom is 0.416 e. The van der Waals surface area contributed by atoms with E-state index in [0.29, 0.717) is 0 Å². The first-order valence-corrected chi connectivity index (χ1v) is 6.14. The molecular formula is C15H13F3OS. The zero-order valence-corrected chi connectivity index (χ0v) is 11.5. The van der Waals surface area contributed by atoms with Gasteiger partial charge in [-0.1, -0.05) is 54.6 Å². The molecular weight excluding hydrogens is 285 g/mol. The van der Waals surface area contributed by atoms with Crippen LogP contribution in [0.2, 0.25) is 0 Å². The number of halogens is 3. The number of benzene rings is 2. The fourth-order valence-corrected chi connectivity index (χ4v) is 1.67. The Bertz CT molecular complexity index is 565. The molecule has 20 heavy (non-hydrogen) atoms. The molecule has 0 aliphatic rings. The van der Waals surface area contributed by atoms with Crippen molar-refractivity contribution < 1.29 is 18.3 Å². The SMILES string of the molecule is Cc1ccccc1C(O)=S.FC(F)(F)c1ccccc1. The van der Waals surface area contributed by atoms with Crippen LogP contribution in [0.15, 0.2) is 54.6 Å². The van der Waals surface area contributed by atoms with E-state index >= 15 is 0 Å². The van der Waals surface area contributed by atoms with Gasteiger partial charge in [0.15, 0.2) is 5.05 Å². The zero-order chi connectivity index (χ0) is 15.2. The molecule has 0 bridgehead atoms. The summed E-state index contributed by atoms with van der Waals surface area (Å²) in [5.41, 5.74) is 1.16. The van der Waals surface area contributed by atoms with E-state index in [1.54, 1.807) is 12.1 Å². The molecule has 0 spiro atoms. The lowest BCUT2D eigenvalue weighted by molar-refractivity contribution is -0.137. The molecule has 0 aliphatic carbocycles. The van der Waals surface area contributed by atoms with E-state index in [-0.39, 0.29) is 5.05 Å². The van der Waals surface area contributed by atoms with Crippen molar-refractivity contribution in [3.8, 4) is 0 Å². The number of rotatable bonds is 1. The average Bonchev–Trinajstić information content (AvgIpc) is 2.40. The van der Waals surface area contributed by atoms with Crippen LogP contribution in [0.5, 0.6) is 0 Å². The van der Waals surface area contributed by atoms with E-state index in [1.165, 1.54) is 12.1 Å². The van der Waals surface area contributed by atoms with Gasteiger partial charge in [0.05, 0.1) is 5.56 Å². The molecule has 0 fully saturated rings.